The Labute approximate surface area is 130 Å². The minimum absolute atomic E-state index is 0.0128. The number of pyridine rings is 1. The molecule has 0 aromatic carbocycles. The molecular formula is C17H21N3O2. The summed E-state index contributed by atoms with van der Waals surface area (Å²) in [6, 6.07) is 4.04. The third-order valence-electron chi connectivity index (χ3n) is 4.28. The van der Waals surface area contributed by atoms with Crippen LogP contribution in [0.3, 0.4) is 0 Å². The van der Waals surface area contributed by atoms with E-state index in [0.29, 0.717) is 6.61 Å². The van der Waals surface area contributed by atoms with Crippen molar-refractivity contribution in [3.8, 4) is 0 Å². The minimum Gasteiger partial charge on any atom is -0.378 e. The number of nitrogens with zero attached hydrogens (tertiary/aromatic N) is 3. The standard InChI is InChI=1S/C17H21N3O2/c1-2-14(1)11-21-12-16-17-15(5-8-22-16)10-20(19-17)9-13-3-6-18-7-4-13/h3-4,6-7,10,14,16H,1-2,5,8-9,11-12H2. The van der Waals surface area contributed by atoms with Crippen molar-refractivity contribution in [1.82, 2.24) is 14.8 Å². The highest BCUT2D eigenvalue weighted by molar-refractivity contribution is 5.23. The predicted octanol–water partition coefficient (Wildman–Crippen LogP) is 2.37. The van der Waals surface area contributed by atoms with Crippen LogP contribution in [0, 0.1) is 5.92 Å². The van der Waals surface area contributed by atoms with E-state index in [0.717, 1.165) is 37.8 Å². The van der Waals surface area contributed by atoms with Gasteiger partial charge >= 0.3 is 0 Å². The Hall–Kier alpha value is -1.72. The average molecular weight is 299 g/mol. The van der Waals surface area contributed by atoms with Crippen LogP contribution in [0.15, 0.2) is 30.7 Å². The summed E-state index contributed by atoms with van der Waals surface area (Å²) in [6.07, 6.45) is 9.33. The molecule has 0 amide bonds. The molecule has 0 spiro atoms. The number of hydrogen-bond acceptors (Lipinski definition) is 4. The zero-order valence-corrected chi connectivity index (χ0v) is 12.6. The number of hydrogen-bond donors (Lipinski definition) is 0. The van der Waals surface area contributed by atoms with Gasteiger partial charge in [-0.15, -0.1) is 0 Å². The minimum atomic E-state index is -0.0128. The van der Waals surface area contributed by atoms with E-state index in [1.165, 1.54) is 24.0 Å². The van der Waals surface area contributed by atoms with Crippen molar-refractivity contribution in [3.63, 3.8) is 0 Å². The Balaban J connectivity index is 1.44. The van der Waals surface area contributed by atoms with Crippen LogP contribution in [0.25, 0.3) is 0 Å². The number of fused-ring (bicyclic) bond motifs is 1. The van der Waals surface area contributed by atoms with Crippen LogP contribution in [0.2, 0.25) is 0 Å². The molecule has 0 saturated heterocycles. The highest BCUT2D eigenvalue weighted by Gasteiger charge is 2.27. The molecule has 2 aromatic heterocycles. The molecule has 0 bridgehead atoms. The van der Waals surface area contributed by atoms with E-state index in [4.69, 9.17) is 14.6 Å². The summed E-state index contributed by atoms with van der Waals surface area (Å²) in [5.41, 5.74) is 3.55. The molecule has 0 radical (unpaired) electrons. The summed E-state index contributed by atoms with van der Waals surface area (Å²) in [4.78, 5) is 4.05. The van der Waals surface area contributed by atoms with Gasteiger partial charge in [0, 0.05) is 25.2 Å². The summed E-state index contributed by atoms with van der Waals surface area (Å²) < 4.78 is 13.7. The molecule has 1 aliphatic heterocycles. The van der Waals surface area contributed by atoms with E-state index >= 15 is 0 Å². The highest BCUT2D eigenvalue weighted by atomic mass is 16.5. The molecule has 0 N–H and O–H groups in total. The third-order valence-corrected chi connectivity index (χ3v) is 4.28. The van der Waals surface area contributed by atoms with Crippen molar-refractivity contribution in [3.05, 3.63) is 47.5 Å². The van der Waals surface area contributed by atoms with E-state index in [1.807, 2.05) is 29.2 Å². The highest BCUT2D eigenvalue weighted by Crippen LogP contribution is 2.30. The second-order valence-corrected chi connectivity index (χ2v) is 6.18. The fourth-order valence-corrected chi connectivity index (χ4v) is 2.84. The lowest BCUT2D eigenvalue weighted by molar-refractivity contribution is -0.0295. The predicted molar refractivity (Wildman–Crippen MR) is 81.5 cm³/mol. The first-order valence-electron chi connectivity index (χ1n) is 8.03. The second kappa shape index (κ2) is 6.18. The van der Waals surface area contributed by atoms with Crippen molar-refractivity contribution in [2.24, 2.45) is 5.92 Å². The molecule has 1 atom stereocenters. The maximum Gasteiger partial charge on any atom is 0.125 e. The number of ether oxygens (including phenoxy) is 2. The van der Waals surface area contributed by atoms with Gasteiger partial charge in [-0.3, -0.25) is 9.67 Å². The molecule has 1 fully saturated rings. The molecular weight excluding hydrogens is 278 g/mol. The normalized spacial score (nSPS) is 20.8. The van der Waals surface area contributed by atoms with Gasteiger partial charge in [0.15, 0.2) is 0 Å². The van der Waals surface area contributed by atoms with Crippen molar-refractivity contribution in [2.45, 2.75) is 31.9 Å². The number of aromatic nitrogens is 3. The molecule has 5 heteroatoms. The molecule has 2 aliphatic rings. The molecule has 1 saturated carbocycles. The van der Waals surface area contributed by atoms with E-state index in [9.17, 15) is 0 Å². The van der Waals surface area contributed by atoms with Crippen LogP contribution in [0.1, 0.15) is 35.8 Å². The van der Waals surface area contributed by atoms with Gasteiger partial charge in [0.05, 0.1) is 25.5 Å². The Bertz CT molecular complexity index is 622. The molecule has 1 aliphatic carbocycles. The lowest BCUT2D eigenvalue weighted by Crippen LogP contribution is -2.20. The Morgan fingerprint density at radius 2 is 2.09 bits per heavy atom. The van der Waals surface area contributed by atoms with Crippen molar-refractivity contribution in [1.29, 1.82) is 0 Å². The van der Waals surface area contributed by atoms with Crippen LogP contribution >= 0.6 is 0 Å². The van der Waals surface area contributed by atoms with Crippen molar-refractivity contribution < 1.29 is 9.47 Å². The summed E-state index contributed by atoms with van der Waals surface area (Å²) >= 11 is 0. The van der Waals surface area contributed by atoms with Gasteiger partial charge in [-0.2, -0.15) is 5.10 Å². The summed E-state index contributed by atoms with van der Waals surface area (Å²) in [7, 11) is 0. The molecule has 22 heavy (non-hydrogen) atoms. The molecule has 4 rings (SSSR count). The van der Waals surface area contributed by atoms with Crippen molar-refractivity contribution in [2.75, 3.05) is 19.8 Å². The Kier molecular flexibility index (Phi) is 3.91. The number of rotatable bonds is 6. The summed E-state index contributed by atoms with van der Waals surface area (Å²) in [5, 5.41) is 4.73. The van der Waals surface area contributed by atoms with Crippen LogP contribution in [-0.4, -0.2) is 34.6 Å². The fraction of sp³-hybridized carbons (Fsp3) is 0.529. The SMILES string of the molecule is c1cc(Cn2cc3c(n2)C(COCC2CC2)OCC3)ccn1. The topological polar surface area (TPSA) is 49.2 Å². The van der Waals surface area contributed by atoms with Gasteiger partial charge in [-0.25, -0.2) is 0 Å². The maximum absolute atomic E-state index is 5.86. The van der Waals surface area contributed by atoms with Gasteiger partial charge in [0.1, 0.15) is 6.10 Å². The lowest BCUT2D eigenvalue weighted by Gasteiger charge is -2.21. The first-order chi connectivity index (χ1) is 10.9. The molecule has 116 valence electrons. The van der Waals surface area contributed by atoms with Crippen LogP contribution in [0.4, 0.5) is 0 Å². The van der Waals surface area contributed by atoms with Gasteiger partial charge < -0.3 is 9.47 Å². The smallest absolute Gasteiger partial charge is 0.125 e. The molecule has 5 nitrogen and oxygen atoms in total. The Morgan fingerprint density at radius 3 is 2.91 bits per heavy atom. The van der Waals surface area contributed by atoms with Gasteiger partial charge in [-0.1, -0.05) is 0 Å². The fourth-order valence-electron chi connectivity index (χ4n) is 2.84. The second-order valence-electron chi connectivity index (χ2n) is 6.18. The summed E-state index contributed by atoms with van der Waals surface area (Å²) in [5.74, 6) is 0.785. The molecule has 1 unspecified atom stereocenters. The van der Waals surface area contributed by atoms with Crippen LogP contribution in [-0.2, 0) is 22.4 Å². The van der Waals surface area contributed by atoms with E-state index in [-0.39, 0.29) is 6.10 Å². The zero-order valence-electron chi connectivity index (χ0n) is 12.6. The van der Waals surface area contributed by atoms with Crippen LogP contribution in [0.5, 0.6) is 0 Å². The molecule has 3 heterocycles. The van der Waals surface area contributed by atoms with Gasteiger partial charge in [0.2, 0.25) is 0 Å². The first-order valence-corrected chi connectivity index (χ1v) is 8.03. The monoisotopic (exact) mass is 299 g/mol. The first kappa shape index (κ1) is 13.9. The zero-order chi connectivity index (χ0) is 14.8. The van der Waals surface area contributed by atoms with Crippen molar-refractivity contribution >= 4 is 0 Å². The Morgan fingerprint density at radius 1 is 1.23 bits per heavy atom. The molecule has 2 aromatic rings. The quantitative estimate of drug-likeness (QED) is 0.821. The van der Waals surface area contributed by atoms with E-state index in [2.05, 4.69) is 11.2 Å². The maximum atomic E-state index is 5.86. The lowest BCUT2D eigenvalue weighted by atomic mass is 10.1. The van der Waals surface area contributed by atoms with E-state index < -0.39 is 0 Å². The largest absolute Gasteiger partial charge is 0.378 e. The third kappa shape index (κ3) is 3.20. The average Bonchev–Trinajstić information content (AvgIpc) is 3.27. The van der Waals surface area contributed by atoms with Gasteiger partial charge in [0.25, 0.3) is 0 Å². The van der Waals surface area contributed by atoms with Gasteiger partial charge in [-0.05, 0) is 48.4 Å². The van der Waals surface area contributed by atoms with Crippen LogP contribution < -0.4 is 0 Å². The van der Waals surface area contributed by atoms with E-state index in [1.54, 1.807) is 0 Å². The summed E-state index contributed by atoms with van der Waals surface area (Å²) in [6.45, 7) is 3.01.